The monoisotopic (exact) mass is 248 g/mol. The van der Waals surface area contributed by atoms with Crippen LogP contribution in [0.25, 0.3) is 10.9 Å². The molecule has 0 radical (unpaired) electrons. The highest BCUT2D eigenvalue weighted by atomic mass is 32.1. The fraction of sp³-hybridized carbons (Fsp3) is 0.500. The second-order valence-electron chi connectivity index (χ2n) is 5.68. The standard InChI is InChI=1S/C14H20N2S/c1-10(14(2,3)4)9-15-13-11-7-5-6-8-12(11)16-17-13/h5-8,10,15H,9H2,1-4H3. The van der Waals surface area contributed by atoms with Crippen LogP contribution in [0.5, 0.6) is 0 Å². The van der Waals surface area contributed by atoms with Crippen LogP contribution in [0.3, 0.4) is 0 Å². The first-order chi connectivity index (χ1) is 7.98. The minimum Gasteiger partial charge on any atom is -0.375 e. The molecule has 1 atom stereocenters. The second-order valence-corrected chi connectivity index (χ2v) is 6.45. The van der Waals surface area contributed by atoms with Gasteiger partial charge in [-0.05, 0) is 35.0 Å². The summed E-state index contributed by atoms with van der Waals surface area (Å²) in [7, 11) is 0. The van der Waals surface area contributed by atoms with Gasteiger partial charge in [0.1, 0.15) is 5.00 Å². The average molecular weight is 248 g/mol. The number of rotatable bonds is 3. The van der Waals surface area contributed by atoms with Crippen LogP contribution in [-0.2, 0) is 0 Å². The summed E-state index contributed by atoms with van der Waals surface area (Å²) in [6.07, 6.45) is 0. The van der Waals surface area contributed by atoms with Gasteiger partial charge >= 0.3 is 0 Å². The molecule has 0 aliphatic rings. The van der Waals surface area contributed by atoms with Crippen LogP contribution in [-0.4, -0.2) is 10.9 Å². The summed E-state index contributed by atoms with van der Waals surface area (Å²) in [6.45, 7) is 10.1. The summed E-state index contributed by atoms with van der Waals surface area (Å²) in [5, 5.41) is 5.96. The van der Waals surface area contributed by atoms with Crippen LogP contribution < -0.4 is 5.32 Å². The van der Waals surface area contributed by atoms with Crippen LogP contribution in [0.2, 0.25) is 0 Å². The number of aromatic nitrogens is 1. The summed E-state index contributed by atoms with van der Waals surface area (Å²) in [5.41, 5.74) is 1.43. The molecule has 92 valence electrons. The highest BCUT2D eigenvalue weighted by Gasteiger charge is 2.20. The Balaban J connectivity index is 2.09. The van der Waals surface area contributed by atoms with Crippen molar-refractivity contribution in [1.82, 2.24) is 4.37 Å². The summed E-state index contributed by atoms with van der Waals surface area (Å²) < 4.78 is 4.44. The molecule has 1 aromatic carbocycles. The molecule has 0 aliphatic heterocycles. The van der Waals surface area contributed by atoms with Gasteiger partial charge in [-0.3, -0.25) is 0 Å². The highest BCUT2D eigenvalue weighted by Crippen LogP contribution is 2.30. The molecule has 2 aromatic rings. The van der Waals surface area contributed by atoms with Crippen LogP contribution >= 0.6 is 11.5 Å². The first kappa shape index (κ1) is 12.4. The molecule has 1 N–H and O–H groups in total. The number of nitrogens with one attached hydrogen (secondary N) is 1. The van der Waals surface area contributed by atoms with Crippen molar-refractivity contribution in [2.24, 2.45) is 11.3 Å². The second kappa shape index (κ2) is 4.65. The van der Waals surface area contributed by atoms with Crippen LogP contribution in [0.4, 0.5) is 5.00 Å². The maximum atomic E-state index is 4.44. The third kappa shape index (κ3) is 2.78. The topological polar surface area (TPSA) is 24.9 Å². The Hall–Kier alpha value is -1.09. The van der Waals surface area contributed by atoms with Gasteiger partial charge in [0.2, 0.25) is 0 Å². The van der Waals surface area contributed by atoms with E-state index in [-0.39, 0.29) is 0 Å². The summed E-state index contributed by atoms with van der Waals surface area (Å²) in [6, 6.07) is 8.28. The van der Waals surface area contributed by atoms with Crippen molar-refractivity contribution < 1.29 is 0 Å². The van der Waals surface area contributed by atoms with Gasteiger partial charge in [-0.2, -0.15) is 4.37 Å². The first-order valence-electron chi connectivity index (χ1n) is 6.07. The van der Waals surface area contributed by atoms with Gasteiger partial charge in [0, 0.05) is 11.9 Å². The molecule has 1 heterocycles. The van der Waals surface area contributed by atoms with Gasteiger partial charge < -0.3 is 5.32 Å². The van der Waals surface area contributed by atoms with Crippen molar-refractivity contribution in [3.05, 3.63) is 24.3 Å². The molecule has 0 saturated carbocycles. The summed E-state index contributed by atoms with van der Waals surface area (Å²) >= 11 is 1.55. The smallest absolute Gasteiger partial charge is 0.117 e. The Kier molecular flexibility index (Phi) is 3.38. The number of hydrogen-bond donors (Lipinski definition) is 1. The Bertz CT molecular complexity index is 496. The maximum Gasteiger partial charge on any atom is 0.117 e. The van der Waals surface area contributed by atoms with Crippen molar-refractivity contribution in [1.29, 1.82) is 0 Å². The predicted octanol–water partition coefficient (Wildman–Crippen LogP) is 4.39. The van der Waals surface area contributed by atoms with E-state index in [0.29, 0.717) is 11.3 Å². The van der Waals surface area contributed by atoms with Gasteiger partial charge in [-0.15, -0.1) is 0 Å². The lowest BCUT2D eigenvalue weighted by atomic mass is 9.82. The molecule has 2 rings (SSSR count). The van der Waals surface area contributed by atoms with E-state index in [9.17, 15) is 0 Å². The molecule has 2 nitrogen and oxygen atoms in total. The van der Waals surface area contributed by atoms with Crippen molar-refractivity contribution in [3.8, 4) is 0 Å². The molecule has 0 spiro atoms. The molecule has 0 aliphatic carbocycles. The molecule has 0 fully saturated rings. The van der Waals surface area contributed by atoms with E-state index < -0.39 is 0 Å². The van der Waals surface area contributed by atoms with E-state index >= 15 is 0 Å². The Morgan fingerprint density at radius 2 is 2.00 bits per heavy atom. The van der Waals surface area contributed by atoms with Gasteiger partial charge in [0.25, 0.3) is 0 Å². The van der Waals surface area contributed by atoms with Crippen LogP contribution in [0.15, 0.2) is 24.3 Å². The number of anilines is 1. The minimum atomic E-state index is 0.341. The first-order valence-corrected chi connectivity index (χ1v) is 6.84. The predicted molar refractivity (Wildman–Crippen MR) is 76.7 cm³/mol. The summed E-state index contributed by atoms with van der Waals surface area (Å²) in [5.74, 6) is 0.628. The molecular formula is C14H20N2S. The molecule has 17 heavy (non-hydrogen) atoms. The Morgan fingerprint density at radius 3 is 2.71 bits per heavy atom. The fourth-order valence-electron chi connectivity index (χ4n) is 1.57. The van der Waals surface area contributed by atoms with Gasteiger partial charge in [0.05, 0.1) is 5.52 Å². The zero-order chi connectivity index (χ0) is 12.5. The van der Waals surface area contributed by atoms with Crippen molar-refractivity contribution in [2.45, 2.75) is 27.7 Å². The van der Waals surface area contributed by atoms with E-state index in [2.05, 4.69) is 55.6 Å². The molecule has 3 heteroatoms. The lowest BCUT2D eigenvalue weighted by molar-refractivity contribution is 0.275. The Labute approximate surface area is 107 Å². The minimum absolute atomic E-state index is 0.341. The summed E-state index contributed by atoms with van der Waals surface area (Å²) in [4.78, 5) is 0. The van der Waals surface area contributed by atoms with E-state index in [1.165, 1.54) is 10.4 Å². The molecule has 0 saturated heterocycles. The normalized spacial score (nSPS) is 13.9. The Morgan fingerprint density at radius 1 is 1.29 bits per heavy atom. The van der Waals surface area contributed by atoms with Crippen LogP contribution in [0.1, 0.15) is 27.7 Å². The maximum absolute atomic E-state index is 4.44. The highest BCUT2D eigenvalue weighted by molar-refractivity contribution is 7.11. The van der Waals surface area contributed by atoms with E-state index in [1.54, 1.807) is 11.5 Å². The number of fused-ring (bicyclic) bond motifs is 1. The van der Waals surface area contributed by atoms with Gasteiger partial charge in [-0.1, -0.05) is 39.8 Å². The third-order valence-electron chi connectivity index (χ3n) is 3.43. The van der Waals surface area contributed by atoms with Crippen molar-refractivity contribution in [2.75, 3.05) is 11.9 Å². The molecule has 0 bridgehead atoms. The zero-order valence-electron chi connectivity index (χ0n) is 10.9. The number of benzene rings is 1. The van der Waals surface area contributed by atoms with E-state index in [4.69, 9.17) is 0 Å². The molecule has 0 amide bonds. The van der Waals surface area contributed by atoms with E-state index in [0.717, 1.165) is 12.1 Å². The lowest BCUT2D eigenvalue weighted by Gasteiger charge is -2.27. The van der Waals surface area contributed by atoms with E-state index in [1.807, 2.05) is 6.07 Å². The average Bonchev–Trinajstić information content (AvgIpc) is 2.68. The SMILES string of the molecule is CC(CNc1snc2ccccc12)C(C)(C)C. The van der Waals surface area contributed by atoms with Crippen molar-refractivity contribution in [3.63, 3.8) is 0 Å². The van der Waals surface area contributed by atoms with Gasteiger partial charge in [-0.25, -0.2) is 0 Å². The third-order valence-corrected chi connectivity index (χ3v) is 4.27. The van der Waals surface area contributed by atoms with Crippen LogP contribution in [0, 0.1) is 11.3 Å². The molecule has 1 unspecified atom stereocenters. The lowest BCUT2D eigenvalue weighted by Crippen LogP contribution is -2.24. The number of hydrogen-bond acceptors (Lipinski definition) is 3. The zero-order valence-corrected chi connectivity index (χ0v) is 11.8. The van der Waals surface area contributed by atoms with Crippen molar-refractivity contribution >= 4 is 27.4 Å². The fourth-order valence-corrected chi connectivity index (χ4v) is 2.34. The number of nitrogens with zero attached hydrogens (tertiary/aromatic N) is 1. The largest absolute Gasteiger partial charge is 0.375 e. The molecular weight excluding hydrogens is 228 g/mol. The quantitative estimate of drug-likeness (QED) is 0.871. The van der Waals surface area contributed by atoms with Gasteiger partial charge in [0.15, 0.2) is 0 Å². The molecule has 1 aromatic heterocycles.